The predicted molar refractivity (Wildman–Crippen MR) is 57.7 cm³/mol. The van der Waals surface area contributed by atoms with Crippen LogP contribution in [0.1, 0.15) is 11.3 Å². The summed E-state index contributed by atoms with van der Waals surface area (Å²) >= 11 is 5.81. The Morgan fingerprint density at radius 3 is 2.56 bits per heavy atom. The molecular weight excluding hydrogens is 272 g/mol. The van der Waals surface area contributed by atoms with Crippen LogP contribution in [-0.2, 0) is 12.7 Å². The third-order valence-corrected chi connectivity index (χ3v) is 2.64. The van der Waals surface area contributed by atoms with Crippen molar-refractivity contribution in [2.24, 2.45) is 0 Å². The highest BCUT2D eigenvalue weighted by atomic mass is 35.5. The molecule has 2 nitrogen and oxygen atoms in total. The van der Waals surface area contributed by atoms with E-state index in [-0.39, 0.29) is 11.6 Å². The Bertz CT molecular complexity index is 562. The number of hydrogen-bond donors (Lipinski definition) is 0. The molecule has 0 saturated carbocycles. The Morgan fingerprint density at radius 2 is 1.94 bits per heavy atom. The van der Waals surface area contributed by atoms with Crippen molar-refractivity contribution in [1.29, 1.82) is 0 Å². The standard InChI is InChI=1S/C11H7ClF4N2/c12-9-2-1-8(13)5-7(9)6-18-4-3-10(17-18)11(14,15)16/h1-5H,6H2. The molecule has 2 rings (SSSR count). The molecule has 0 bridgehead atoms. The van der Waals surface area contributed by atoms with Crippen molar-refractivity contribution < 1.29 is 17.6 Å². The molecule has 96 valence electrons. The van der Waals surface area contributed by atoms with Crippen molar-refractivity contribution in [3.05, 3.63) is 52.6 Å². The molecule has 0 fully saturated rings. The number of nitrogens with zero attached hydrogens (tertiary/aromatic N) is 2. The molecule has 0 aliphatic heterocycles. The van der Waals surface area contributed by atoms with Crippen LogP contribution >= 0.6 is 11.6 Å². The second kappa shape index (κ2) is 4.61. The first-order valence-electron chi connectivity index (χ1n) is 4.91. The summed E-state index contributed by atoms with van der Waals surface area (Å²) in [5.74, 6) is -0.502. The predicted octanol–water partition coefficient (Wildman–Crippen LogP) is 3.74. The van der Waals surface area contributed by atoms with E-state index in [2.05, 4.69) is 5.10 Å². The Balaban J connectivity index is 2.24. The minimum atomic E-state index is -4.49. The molecule has 18 heavy (non-hydrogen) atoms. The zero-order valence-corrected chi connectivity index (χ0v) is 9.63. The van der Waals surface area contributed by atoms with E-state index in [4.69, 9.17) is 11.6 Å². The molecule has 7 heteroatoms. The van der Waals surface area contributed by atoms with E-state index >= 15 is 0 Å². The van der Waals surface area contributed by atoms with Crippen LogP contribution in [0.3, 0.4) is 0 Å². The topological polar surface area (TPSA) is 17.8 Å². The van der Waals surface area contributed by atoms with E-state index in [1.54, 1.807) is 0 Å². The van der Waals surface area contributed by atoms with Crippen LogP contribution < -0.4 is 0 Å². The smallest absolute Gasteiger partial charge is 0.268 e. The molecular formula is C11H7ClF4N2. The largest absolute Gasteiger partial charge is 0.435 e. The summed E-state index contributed by atoms with van der Waals surface area (Å²) in [4.78, 5) is 0. The molecule has 0 aliphatic rings. The van der Waals surface area contributed by atoms with Gasteiger partial charge in [-0.3, -0.25) is 4.68 Å². The van der Waals surface area contributed by atoms with E-state index in [1.165, 1.54) is 18.3 Å². The Morgan fingerprint density at radius 1 is 1.22 bits per heavy atom. The van der Waals surface area contributed by atoms with Crippen LogP contribution in [0.4, 0.5) is 17.6 Å². The van der Waals surface area contributed by atoms with Crippen molar-refractivity contribution in [2.75, 3.05) is 0 Å². The highest BCUT2D eigenvalue weighted by molar-refractivity contribution is 6.31. The molecule has 2 aromatic rings. The second-order valence-electron chi connectivity index (χ2n) is 3.63. The molecule has 1 aromatic carbocycles. The molecule has 0 unspecified atom stereocenters. The molecule has 1 heterocycles. The van der Waals surface area contributed by atoms with E-state index in [0.29, 0.717) is 5.56 Å². The number of halogens is 5. The lowest BCUT2D eigenvalue weighted by Crippen LogP contribution is -2.08. The highest BCUT2D eigenvalue weighted by Crippen LogP contribution is 2.27. The van der Waals surface area contributed by atoms with Crippen molar-refractivity contribution in [1.82, 2.24) is 9.78 Å². The van der Waals surface area contributed by atoms with Gasteiger partial charge in [0.15, 0.2) is 5.69 Å². The normalized spacial score (nSPS) is 11.8. The monoisotopic (exact) mass is 278 g/mol. The number of benzene rings is 1. The van der Waals surface area contributed by atoms with Gasteiger partial charge in [0, 0.05) is 11.2 Å². The lowest BCUT2D eigenvalue weighted by molar-refractivity contribution is -0.141. The van der Waals surface area contributed by atoms with Gasteiger partial charge in [-0.1, -0.05) is 11.6 Å². The zero-order valence-electron chi connectivity index (χ0n) is 8.88. The van der Waals surface area contributed by atoms with Gasteiger partial charge < -0.3 is 0 Å². The van der Waals surface area contributed by atoms with Crippen molar-refractivity contribution in [3.63, 3.8) is 0 Å². The van der Waals surface area contributed by atoms with Gasteiger partial charge in [0.05, 0.1) is 6.54 Å². The Kier molecular flexibility index (Phi) is 3.30. The SMILES string of the molecule is Fc1ccc(Cl)c(Cn2ccc(C(F)(F)F)n2)c1. The summed E-state index contributed by atoms with van der Waals surface area (Å²) in [6.07, 6.45) is -3.32. The van der Waals surface area contributed by atoms with Crippen LogP contribution in [0, 0.1) is 5.82 Å². The van der Waals surface area contributed by atoms with Crippen molar-refractivity contribution in [3.8, 4) is 0 Å². The molecule has 0 amide bonds. The van der Waals surface area contributed by atoms with Crippen LogP contribution in [0.25, 0.3) is 0 Å². The maximum Gasteiger partial charge on any atom is 0.435 e. The minimum Gasteiger partial charge on any atom is -0.268 e. The van der Waals surface area contributed by atoms with Crippen LogP contribution in [0.5, 0.6) is 0 Å². The fraction of sp³-hybridized carbons (Fsp3) is 0.182. The molecule has 1 aromatic heterocycles. The summed E-state index contributed by atoms with van der Waals surface area (Å²) in [5, 5.41) is 3.64. The summed E-state index contributed by atoms with van der Waals surface area (Å²) in [5.41, 5.74) is -0.622. The third-order valence-electron chi connectivity index (χ3n) is 2.27. The molecule has 0 atom stereocenters. The third kappa shape index (κ3) is 2.81. The van der Waals surface area contributed by atoms with Gasteiger partial charge in [0.2, 0.25) is 0 Å². The number of hydrogen-bond acceptors (Lipinski definition) is 1. The maximum absolute atomic E-state index is 13.0. The molecule has 0 aliphatic carbocycles. The van der Waals surface area contributed by atoms with Gasteiger partial charge in [-0.05, 0) is 29.8 Å². The Hall–Kier alpha value is -1.56. The van der Waals surface area contributed by atoms with Gasteiger partial charge >= 0.3 is 6.18 Å². The van der Waals surface area contributed by atoms with Crippen LogP contribution in [0.2, 0.25) is 5.02 Å². The first kappa shape index (κ1) is 12.9. The highest BCUT2D eigenvalue weighted by Gasteiger charge is 2.33. The van der Waals surface area contributed by atoms with E-state index < -0.39 is 17.7 Å². The second-order valence-corrected chi connectivity index (χ2v) is 4.04. The summed E-state index contributed by atoms with van der Waals surface area (Å²) in [6.45, 7) is -0.0212. The molecule has 0 saturated heterocycles. The van der Waals surface area contributed by atoms with E-state index in [1.807, 2.05) is 0 Å². The van der Waals surface area contributed by atoms with Gasteiger partial charge in [-0.2, -0.15) is 18.3 Å². The van der Waals surface area contributed by atoms with Crippen molar-refractivity contribution >= 4 is 11.6 Å². The first-order chi connectivity index (χ1) is 8.36. The average molecular weight is 279 g/mol. The van der Waals surface area contributed by atoms with E-state index in [9.17, 15) is 17.6 Å². The van der Waals surface area contributed by atoms with Crippen molar-refractivity contribution in [2.45, 2.75) is 12.7 Å². The van der Waals surface area contributed by atoms with Crippen LogP contribution in [-0.4, -0.2) is 9.78 Å². The number of aromatic nitrogens is 2. The van der Waals surface area contributed by atoms with Gasteiger partial charge in [0.1, 0.15) is 5.82 Å². The minimum absolute atomic E-state index is 0.0212. The first-order valence-corrected chi connectivity index (χ1v) is 5.28. The summed E-state index contributed by atoms with van der Waals surface area (Å²) in [6, 6.07) is 4.54. The lowest BCUT2D eigenvalue weighted by Gasteiger charge is -2.05. The summed E-state index contributed by atoms with van der Waals surface area (Å²) < 4.78 is 51.0. The lowest BCUT2D eigenvalue weighted by atomic mass is 10.2. The fourth-order valence-electron chi connectivity index (χ4n) is 1.44. The molecule has 0 radical (unpaired) electrons. The van der Waals surface area contributed by atoms with E-state index in [0.717, 1.165) is 16.8 Å². The van der Waals surface area contributed by atoms with Crippen LogP contribution in [0.15, 0.2) is 30.5 Å². The molecule has 0 spiro atoms. The van der Waals surface area contributed by atoms with Gasteiger partial charge in [0.25, 0.3) is 0 Å². The number of alkyl halides is 3. The van der Waals surface area contributed by atoms with Gasteiger partial charge in [-0.15, -0.1) is 0 Å². The average Bonchev–Trinajstić information content (AvgIpc) is 2.71. The zero-order chi connectivity index (χ0) is 13.3. The number of rotatable bonds is 2. The van der Waals surface area contributed by atoms with Gasteiger partial charge in [-0.25, -0.2) is 4.39 Å². The fourth-order valence-corrected chi connectivity index (χ4v) is 1.62. The Labute approximate surface area is 105 Å². The quantitative estimate of drug-likeness (QED) is 0.765. The maximum atomic E-state index is 13.0. The summed E-state index contributed by atoms with van der Waals surface area (Å²) in [7, 11) is 0. The molecule has 0 N–H and O–H groups in total.